The summed E-state index contributed by atoms with van der Waals surface area (Å²) in [7, 11) is -3.54. The van der Waals surface area contributed by atoms with Gasteiger partial charge in [-0.1, -0.05) is 0 Å². The summed E-state index contributed by atoms with van der Waals surface area (Å²) in [5.41, 5.74) is 0. The molecule has 0 saturated carbocycles. The molecule has 3 nitrogen and oxygen atoms in total. The van der Waals surface area contributed by atoms with E-state index in [1.54, 1.807) is 6.07 Å². The Hall–Kier alpha value is 0.440. The normalized spacial score (nSPS) is 11.9. The average Bonchev–Trinajstić information content (AvgIpc) is 2.29. The van der Waals surface area contributed by atoms with Gasteiger partial charge in [-0.25, -0.2) is 13.6 Å². The molecule has 1 rings (SSSR count). The van der Waals surface area contributed by atoms with Gasteiger partial charge in [0.15, 0.2) is 0 Å². The Morgan fingerprint density at radius 3 is 2.50 bits per heavy atom. The summed E-state index contributed by atoms with van der Waals surface area (Å²) >= 11 is 5.85. The fraction of sp³-hybridized carbons (Fsp3) is 0.200. The minimum absolute atomic E-state index is 0.193. The van der Waals surface area contributed by atoms with Gasteiger partial charge in [0.1, 0.15) is 4.21 Å². The first-order valence-corrected chi connectivity index (χ1v) is 7.19. The molecule has 0 aliphatic carbocycles. The Kier molecular flexibility index (Phi) is 3.21. The van der Waals surface area contributed by atoms with Crippen molar-refractivity contribution in [3.8, 4) is 0 Å². The predicted octanol–water partition coefficient (Wildman–Crippen LogP) is 1.88. The first-order valence-electron chi connectivity index (χ1n) is 2.81. The van der Waals surface area contributed by atoms with Gasteiger partial charge < -0.3 is 0 Å². The quantitative estimate of drug-likeness (QED) is 0.845. The molecule has 1 heterocycles. The minimum Gasteiger partial charge on any atom is -0.224 e. The van der Waals surface area contributed by atoms with Crippen molar-refractivity contribution in [2.45, 2.75) is 9.10 Å². The van der Waals surface area contributed by atoms with Crippen LogP contribution in [-0.2, 0) is 10.0 Å². The third-order valence-electron chi connectivity index (χ3n) is 1.13. The first kappa shape index (κ1) is 10.5. The molecule has 0 radical (unpaired) electrons. The molecule has 1 aromatic rings. The summed E-state index contributed by atoms with van der Waals surface area (Å²) in [4.78, 5) is 0.893. The number of thioether (sulfide) groups is 1. The Morgan fingerprint density at radius 2 is 2.25 bits per heavy atom. The summed E-state index contributed by atoms with van der Waals surface area (Å²) in [6.45, 7) is 0. The van der Waals surface area contributed by atoms with Crippen LogP contribution in [0.25, 0.3) is 0 Å². The Bertz CT molecular complexity index is 383. The second-order valence-corrected chi connectivity index (χ2v) is 6.96. The maximum Gasteiger partial charge on any atom is 0.247 e. The lowest BCUT2D eigenvalue weighted by Gasteiger charge is -1.87. The van der Waals surface area contributed by atoms with E-state index in [2.05, 4.69) is 15.9 Å². The minimum atomic E-state index is -3.54. The van der Waals surface area contributed by atoms with Crippen molar-refractivity contribution in [1.29, 1.82) is 0 Å². The van der Waals surface area contributed by atoms with Crippen molar-refractivity contribution in [3.05, 3.63) is 9.85 Å². The molecular weight excluding hydrogens is 282 g/mol. The van der Waals surface area contributed by atoms with Crippen LogP contribution in [0.1, 0.15) is 0 Å². The van der Waals surface area contributed by atoms with E-state index in [0.29, 0.717) is 0 Å². The van der Waals surface area contributed by atoms with E-state index in [-0.39, 0.29) is 4.21 Å². The van der Waals surface area contributed by atoms with Gasteiger partial charge in [0.25, 0.3) is 0 Å². The van der Waals surface area contributed by atoms with E-state index in [1.807, 2.05) is 6.26 Å². The van der Waals surface area contributed by atoms with Crippen molar-refractivity contribution in [3.63, 3.8) is 0 Å². The molecule has 12 heavy (non-hydrogen) atoms. The molecule has 7 heteroatoms. The molecule has 0 atom stereocenters. The highest BCUT2D eigenvalue weighted by Crippen LogP contribution is 2.35. The summed E-state index contributed by atoms with van der Waals surface area (Å²) < 4.78 is 22.7. The summed E-state index contributed by atoms with van der Waals surface area (Å²) in [5.74, 6) is 0. The fourth-order valence-electron chi connectivity index (χ4n) is 0.611. The van der Waals surface area contributed by atoms with E-state index < -0.39 is 10.0 Å². The zero-order valence-electron chi connectivity index (χ0n) is 6.07. The number of rotatable bonds is 2. The van der Waals surface area contributed by atoms with Gasteiger partial charge in [0.05, 0.1) is 3.79 Å². The summed E-state index contributed by atoms with van der Waals surface area (Å²) in [6, 6.07) is 1.56. The monoisotopic (exact) mass is 287 g/mol. The van der Waals surface area contributed by atoms with Gasteiger partial charge in [0.2, 0.25) is 10.0 Å². The first-order chi connectivity index (χ1) is 5.45. The van der Waals surface area contributed by atoms with E-state index in [1.165, 1.54) is 11.8 Å². The number of nitrogens with two attached hydrogens (primary N) is 1. The molecule has 0 saturated heterocycles. The van der Waals surface area contributed by atoms with Gasteiger partial charge in [0, 0.05) is 4.90 Å². The summed E-state index contributed by atoms with van der Waals surface area (Å²) in [5, 5.41) is 4.95. The van der Waals surface area contributed by atoms with Crippen molar-refractivity contribution < 1.29 is 8.42 Å². The van der Waals surface area contributed by atoms with Crippen LogP contribution in [0.3, 0.4) is 0 Å². The lowest BCUT2D eigenvalue weighted by atomic mass is 10.7. The highest BCUT2D eigenvalue weighted by Gasteiger charge is 2.14. The number of sulfonamides is 1. The predicted molar refractivity (Wildman–Crippen MR) is 55.2 cm³/mol. The molecule has 0 aliphatic heterocycles. The Labute approximate surface area is 87.5 Å². The van der Waals surface area contributed by atoms with Gasteiger partial charge in [-0.15, -0.1) is 23.1 Å². The van der Waals surface area contributed by atoms with Crippen LogP contribution in [0.4, 0.5) is 0 Å². The van der Waals surface area contributed by atoms with Gasteiger partial charge in [-0.05, 0) is 28.3 Å². The number of hydrogen-bond acceptors (Lipinski definition) is 4. The Morgan fingerprint density at radius 1 is 1.67 bits per heavy atom. The van der Waals surface area contributed by atoms with E-state index in [9.17, 15) is 8.42 Å². The highest BCUT2D eigenvalue weighted by atomic mass is 79.9. The van der Waals surface area contributed by atoms with Gasteiger partial charge in [-0.2, -0.15) is 0 Å². The van der Waals surface area contributed by atoms with Crippen molar-refractivity contribution in [1.82, 2.24) is 0 Å². The molecule has 2 N–H and O–H groups in total. The summed E-state index contributed by atoms with van der Waals surface area (Å²) in [6.07, 6.45) is 1.87. The van der Waals surface area contributed by atoms with Crippen LogP contribution in [0.15, 0.2) is 19.0 Å². The molecule has 0 unspecified atom stereocenters. The van der Waals surface area contributed by atoms with Crippen LogP contribution >= 0.6 is 39.0 Å². The topological polar surface area (TPSA) is 60.2 Å². The van der Waals surface area contributed by atoms with Crippen LogP contribution in [-0.4, -0.2) is 14.7 Å². The van der Waals surface area contributed by atoms with Gasteiger partial charge in [-0.3, -0.25) is 0 Å². The van der Waals surface area contributed by atoms with Crippen molar-refractivity contribution >= 4 is 49.1 Å². The Balaban J connectivity index is 3.23. The maximum atomic E-state index is 10.9. The van der Waals surface area contributed by atoms with Crippen LogP contribution < -0.4 is 5.14 Å². The van der Waals surface area contributed by atoms with Crippen LogP contribution in [0.5, 0.6) is 0 Å². The zero-order chi connectivity index (χ0) is 9.35. The third kappa shape index (κ3) is 2.23. The van der Waals surface area contributed by atoms with Crippen LogP contribution in [0.2, 0.25) is 0 Å². The van der Waals surface area contributed by atoms with Crippen LogP contribution in [0, 0.1) is 0 Å². The number of halogens is 1. The fourth-order valence-corrected chi connectivity index (χ4v) is 4.49. The van der Waals surface area contributed by atoms with Gasteiger partial charge >= 0.3 is 0 Å². The number of thiophene rings is 1. The number of hydrogen-bond donors (Lipinski definition) is 1. The molecule has 68 valence electrons. The number of primary sulfonamides is 1. The van der Waals surface area contributed by atoms with Crippen molar-refractivity contribution in [2.75, 3.05) is 6.26 Å². The molecule has 0 aromatic carbocycles. The molecule has 0 aliphatic rings. The zero-order valence-corrected chi connectivity index (χ0v) is 10.1. The largest absolute Gasteiger partial charge is 0.247 e. The second kappa shape index (κ2) is 3.67. The smallest absolute Gasteiger partial charge is 0.224 e. The highest BCUT2D eigenvalue weighted by molar-refractivity contribution is 9.11. The third-order valence-corrected chi connectivity index (χ3v) is 5.54. The standard InChI is InChI=1S/C5H6BrNO2S3/c1-10-3-2-4(11-5(3)6)12(7,8)9/h2H,1H3,(H2,7,8,9). The lowest BCUT2D eigenvalue weighted by Crippen LogP contribution is -2.09. The molecule has 1 aromatic heterocycles. The molecule has 0 amide bonds. The molecular formula is C5H6BrNO2S3. The maximum absolute atomic E-state index is 10.9. The molecule has 0 spiro atoms. The van der Waals surface area contributed by atoms with E-state index in [4.69, 9.17) is 5.14 Å². The van der Waals surface area contributed by atoms with Crippen molar-refractivity contribution in [2.24, 2.45) is 5.14 Å². The SMILES string of the molecule is CSc1cc(S(N)(=O)=O)sc1Br. The molecule has 0 bridgehead atoms. The lowest BCUT2D eigenvalue weighted by molar-refractivity contribution is 0.599. The second-order valence-electron chi connectivity index (χ2n) is 1.95. The average molecular weight is 288 g/mol. The molecule has 0 fully saturated rings. The van der Waals surface area contributed by atoms with E-state index in [0.717, 1.165) is 20.0 Å². The van der Waals surface area contributed by atoms with E-state index >= 15 is 0 Å².